The zero-order valence-corrected chi connectivity index (χ0v) is 18.0. The van der Waals surface area contributed by atoms with E-state index in [9.17, 15) is 9.59 Å². The van der Waals surface area contributed by atoms with E-state index in [-0.39, 0.29) is 17.4 Å². The second-order valence-corrected chi connectivity index (χ2v) is 10.5. The van der Waals surface area contributed by atoms with Crippen molar-refractivity contribution in [1.82, 2.24) is 5.32 Å². The second kappa shape index (κ2) is 7.79. The number of amides is 1. The molecule has 4 aliphatic carbocycles. The van der Waals surface area contributed by atoms with Crippen LogP contribution >= 0.6 is 11.3 Å². The molecular weight excluding hydrogens is 372 g/mol. The molecule has 6 heteroatoms. The van der Waals surface area contributed by atoms with E-state index in [1.807, 2.05) is 6.07 Å². The summed E-state index contributed by atoms with van der Waals surface area (Å²) in [6.07, 6.45) is 7.83. The molecule has 0 saturated heterocycles. The number of thiophene rings is 1. The third-order valence-corrected chi connectivity index (χ3v) is 8.08. The number of nitrogens with one attached hydrogen (secondary N) is 2. The Bertz CT molecular complexity index is 720. The lowest BCUT2D eigenvalue weighted by molar-refractivity contribution is -0.116. The van der Waals surface area contributed by atoms with Crippen molar-refractivity contribution in [2.75, 3.05) is 18.5 Å². The quantitative estimate of drug-likeness (QED) is 0.655. The van der Waals surface area contributed by atoms with Gasteiger partial charge in [0.15, 0.2) is 0 Å². The summed E-state index contributed by atoms with van der Waals surface area (Å²) in [6, 6.07) is 1.86. The molecule has 28 heavy (non-hydrogen) atoms. The summed E-state index contributed by atoms with van der Waals surface area (Å²) in [7, 11) is 0. The first-order chi connectivity index (χ1) is 13.4. The van der Waals surface area contributed by atoms with Gasteiger partial charge in [-0.1, -0.05) is 13.8 Å². The average Bonchev–Trinajstić information content (AvgIpc) is 3.03. The van der Waals surface area contributed by atoms with Gasteiger partial charge in [0.25, 0.3) is 0 Å². The number of carbonyl (C=O) groups excluding carboxylic acids is 2. The Morgan fingerprint density at radius 3 is 2.32 bits per heavy atom. The van der Waals surface area contributed by atoms with Crippen LogP contribution in [0, 0.1) is 17.8 Å². The number of hydrogen-bond donors (Lipinski definition) is 2. The van der Waals surface area contributed by atoms with Crippen LogP contribution in [0.15, 0.2) is 6.07 Å². The van der Waals surface area contributed by atoms with Crippen LogP contribution in [0.2, 0.25) is 0 Å². The van der Waals surface area contributed by atoms with Crippen molar-refractivity contribution in [3.63, 3.8) is 0 Å². The van der Waals surface area contributed by atoms with Crippen molar-refractivity contribution in [3.05, 3.63) is 16.5 Å². The summed E-state index contributed by atoms with van der Waals surface area (Å²) in [5.74, 6) is 2.41. The summed E-state index contributed by atoms with van der Waals surface area (Å²) in [5.41, 5.74) is 0.632. The van der Waals surface area contributed by atoms with Gasteiger partial charge < -0.3 is 15.4 Å². The minimum absolute atomic E-state index is 0.0709. The van der Waals surface area contributed by atoms with E-state index in [1.165, 1.54) is 49.9 Å². The zero-order valence-electron chi connectivity index (χ0n) is 17.2. The minimum Gasteiger partial charge on any atom is -0.462 e. The maximum absolute atomic E-state index is 12.7. The van der Waals surface area contributed by atoms with Gasteiger partial charge in [0.05, 0.1) is 18.7 Å². The summed E-state index contributed by atoms with van der Waals surface area (Å²) in [4.78, 5) is 26.1. The topological polar surface area (TPSA) is 67.4 Å². The molecule has 4 saturated carbocycles. The lowest BCUT2D eigenvalue weighted by Gasteiger charge is -2.57. The molecule has 0 radical (unpaired) electrons. The molecular formula is C22H32N2O3S. The van der Waals surface area contributed by atoms with Gasteiger partial charge >= 0.3 is 5.97 Å². The van der Waals surface area contributed by atoms with Crippen LogP contribution in [0.25, 0.3) is 0 Å². The number of esters is 1. The van der Waals surface area contributed by atoms with E-state index in [2.05, 4.69) is 24.5 Å². The van der Waals surface area contributed by atoms with E-state index in [0.29, 0.717) is 29.6 Å². The van der Waals surface area contributed by atoms with Crippen molar-refractivity contribution in [3.8, 4) is 0 Å². The number of carbonyl (C=O) groups is 2. The predicted octanol–water partition coefficient (Wildman–Crippen LogP) is 4.55. The Hall–Kier alpha value is -1.40. The average molecular weight is 405 g/mol. The second-order valence-electron chi connectivity index (χ2n) is 9.37. The van der Waals surface area contributed by atoms with Gasteiger partial charge in [-0.05, 0) is 75.2 Å². The van der Waals surface area contributed by atoms with Gasteiger partial charge in [-0.2, -0.15) is 0 Å². The molecule has 5 nitrogen and oxygen atoms in total. The molecule has 5 rings (SSSR count). The molecule has 4 bridgehead atoms. The summed E-state index contributed by atoms with van der Waals surface area (Å²) in [5, 5.41) is 7.21. The molecule has 4 fully saturated rings. The van der Waals surface area contributed by atoms with Crippen molar-refractivity contribution in [2.24, 2.45) is 17.8 Å². The molecule has 4 aliphatic rings. The van der Waals surface area contributed by atoms with Gasteiger partial charge in [0.2, 0.25) is 5.91 Å². The number of anilines is 1. The fourth-order valence-corrected chi connectivity index (χ4v) is 6.98. The first-order valence-corrected chi connectivity index (χ1v) is 11.5. The fraction of sp³-hybridized carbons (Fsp3) is 0.727. The summed E-state index contributed by atoms with van der Waals surface area (Å²) >= 11 is 1.47. The predicted molar refractivity (Wildman–Crippen MR) is 112 cm³/mol. The Morgan fingerprint density at radius 2 is 1.79 bits per heavy atom. The molecule has 2 N–H and O–H groups in total. The highest BCUT2D eigenvalue weighted by Crippen LogP contribution is 2.55. The van der Waals surface area contributed by atoms with Crippen LogP contribution in [-0.2, 0) is 9.53 Å². The van der Waals surface area contributed by atoms with Crippen molar-refractivity contribution >= 4 is 28.2 Å². The van der Waals surface area contributed by atoms with Crippen LogP contribution in [0.5, 0.6) is 0 Å². The SMILES string of the molecule is CCOC(=O)c1cc(C(C)C)sc1NC(=O)CNC12CC3CC(CC(C3)C1)C2. The molecule has 0 atom stereocenters. The molecule has 0 aliphatic heterocycles. The van der Waals surface area contributed by atoms with E-state index in [4.69, 9.17) is 4.74 Å². The Labute approximate surface area is 171 Å². The van der Waals surface area contributed by atoms with Crippen LogP contribution in [0.1, 0.15) is 80.4 Å². The molecule has 1 heterocycles. The summed E-state index contributed by atoms with van der Waals surface area (Å²) < 4.78 is 5.17. The van der Waals surface area contributed by atoms with E-state index >= 15 is 0 Å². The largest absolute Gasteiger partial charge is 0.462 e. The molecule has 1 aromatic heterocycles. The maximum atomic E-state index is 12.7. The number of hydrogen-bond acceptors (Lipinski definition) is 5. The van der Waals surface area contributed by atoms with Gasteiger partial charge in [0, 0.05) is 10.4 Å². The monoisotopic (exact) mass is 404 g/mol. The van der Waals surface area contributed by atoms with Crippen molar-refractivity contribution in [2.45, 2.75) is 70.8 Å². The first kappa shape index (κ1) is 19.9. The smallest absolute Gasteiger partial charge is 0.341 e. The fourth-order valence-electron chi connectivity index (χ4n) is 5.91. The first-order valence-electron chi connectivity index (χ1n) is 10.7. The van der Waals surface area contributed by atoms with Crippen LogP contribution in [0.4, 0.5) is 5.00 Å². The molecule has 1 aromatic rings. The van der Waals surface area contributed by atoms with E-state index < -0.39 is 0 Å². The van der Waals surface area contributed by atoms with Crippen LogP contribution in [0.3, 0.4) is 0 Å². The molecule has 154 valence electrons. The summed E-state index contributed by atoms with van der Waals surface area (Å²) in [6.45, 7) is 6.60. The highest BCUT2D eigenvalue weighted by molar-refractivity contribution is 7.16. The highest BCUT2D eigenvalue weighted by Gasteiger charge is 2.50. The van der Waals surface area contributed by atoms with E-state index in [1.54, 1.807) is 6.92 Å². The van der Waals surface area contributed by atoms with Crippen molar-refractivity contribution < 1.29 is 14.3 Å². The third kappa shape index (κ3) is 3.99. The van der Waals surface area contributed by atoms with Gasteiger partial charge in [-0.3, -0.25) is 4.79 Å². The highest BCUT2D eigenvalue weighted by atomic mass is 32.1. The standard InChI is InChI=1S/C22H32N2O3S/c1-4-27-21(26)17-8-18(13(2)3)28-20(17)24-19(25)12-23-22-9-14-5-15(10-22)7-16(6-14)11-22/h8,13-16,23H,4-7,9-12H2,1-3H3,(H,24,25). The Kier molecular flexibility index (Phi) is 5.53. The van der Waals surface area contributed by atoms with Crippen LogP contribution in [-0.4, -0.2) is 30.6 Å². The van der Waals surface area contributed by atoms with Crippen molar-refractivity contribution in [1.29, 1.82) is 0 Å². The van der Waals surface area contributed by atoms with Gasteiger partial charge in [-0.15, -0.1) is 11.3 Å². The number of ether oxygens (including phenoxy) is 1. The maximum Gasteiger partial charge on any atom is 0.341 e. The number of rotatable bonds is 7. The van der Waals surface area contributed by atoms with Crippen LogP contribution < -0.4 is 10.6 Å². The molecule has 1 amide bonds. The third-order valence-electron chi connectivity index (χ3n) is 6.73. The lowest BCUT2D eigenvalue weighted by Crippen LogP contribution is -2.59. The lowest BCUT2D eigenvalue weighted by atomic mass is 9.53. The minimum atomic E-state index is -0.366. The zero-order chi connectivity index (χ0) is 19.9. The molecule has 0 spiro atoms. The van der Waals surface area contributed by atoms with Gasteiger partial charge in [-0.25, -0.2) is 4.79 Å². The Morgan fingerprint density at radius 1 is 1.18 bits per heavy atom. The molecule has 0 unspecified atom stereocenters. The molecule has 0 aromatic carbocycles. The van der Waals surface area contributed by atoms with E-state index in [0.717, 1.165) is 22.6 Å². The van der Waals surface area contributed by atoms with Gasteiger partial charge in [0.1, 0.15) is 5.00 Å². The normalized spacial score (nSPS) is 30.6. The Balaban J connectivity index is 1.40.